The number of hydrogen-bond donors (Lipinski definition) is 1. The predicted octanol–water partition coefficient (Wildman–Crippen LogP) is 3.91. The molecule has 19 heavy (non-hydrogen) atoms. The fourth-order valence-electron chi connectivity index (χ4n) is 2.41. The van der Waals surface area contributed by atoms with Crippen molar-refractivity contribution in [1.82, 2.24) is 0 Å². The van der Waals surface area contributed by atoms with Crippen molar-refractivity contribution < 1.29 is 9.52 Å². The van der Waals surface area contributed by atoms with Crippen LogP contribution < -0.4 is 4.94 Å². The number of phenolic OH excluding ortho intramolecular Hbond substituents is 1. The van der Waals surface area contributed by atoms with E-state index in [0.717, 1.165) is 38.8 Å². The highest BCUT2D eigenvalue weighted by atomic mass is 32.1. The number of aromatic hydroxyl groups is 1. The maximum absolute atomic E-state index is 11.6. The van der Waals surface area contributed by atoms with E-state index in [-0.39, 0.29) is 10.7 Å². The summed E-state index contributed by atoms with van der Waals surface area (Å²) < 4.78 is 6.08. The third kappa shape index (κ3) is 1.92. The van der Waals surface area contributed by atoms with Crippen molar-refractivity contribution in [3.63, 3.8) is 0 Å². The summed E-state index contributed by atoms with van der Waals surface area (Å²) in [5.41, 5.74) is 1.42. The van der Waals surface area contributed by atoms with Crippen LogP contribution in [0.3, 0.4) is 0 Å². The molecule has 0 aliphatic carbocycles. The van der Waals surface area contributed by atoms with Gasteiger partial charge in [0.1, 0.15) is 5.75 Å². The summed E-state index contributed by atoms with van der Waals surface area (Å²) in [5, 5.41) is 12.0. The molecule has 3 aromatic rings. The van der Waals surface area contributed by atoms with Crippen LogP contribution in [0.15, 0.2) is 33.5 Å². The molecule has 2 aromatic carbocycles. The lowest BCUT2D eigenvalue weighted by Crippen LogP contribution is -1.95. The molecule has 3 rings (SSSR count). The summed E-state index contributed by atoms with van der Waals surface area (Å²) in [6, 6.07) is 7.47. The minimum Gasteiger partial charge on any atom is -0.507 e. The second-order valence-corrected chi connectivity index (χ2v) is 6.03. The van der Waals surface area contributed by atoms with Gasteiger partial charge in [0, 0.05) is 16.3 Å². The first kappa shape index (κ1) is 12.2. The highest BCUT2D eigenvalue weighted by Gasteiger charge is 2.18. The van der Waals surface area contributed by atoms with Gasteiger partial charge < -0.3 is 9.52 Å². The van der Waals surface area contributed by atoms with Crippen LogP contribution in [0.5, 0.6) is 5.75 Å². The molecule has 0 radical (unpaired) electrons. The Bertz CT molecular complexity index is 811. The van der Waals surface area contributed by atoms with Crippen LogP contribution in [0, 0.1) is 5.92 Å². The molecule has 0 amide bonds. The zero-order chi connectivity index (χ0) is 13.6. The maximum Gasteiger partial charge on any atom is 0.396 e. The predicted molar refractivity (Wildman–Crippen MR) is 78.1 cm³/mol. The lowest BCUT2D eigenvalue weighted by atomic mass is 9.97. The molecule has 0 bridgehead atoms. The Morgan fingerprint density at radius 2 is 1.95 bits per heavy atom. The van der Waals surface area contributed by atoms with Crippen LogP contribution in [0.4, 0.5) is 0 Å². The molecule has 0 saturated carbocycles. The Balaban J connectivity index is 2.50. The Labute approximate surface area is 114 Å². The number of fused-ring (bicyclic) bond motifs is 3. The highest BCUT2D eigenvalue weighted by Crippen LogP contribution is 2.39. The minimum atomic E-state index is -0.323. The van der Waals surface area contributed by atoms with Gasteiger partial charge in [-0.25, -0.2) is 4.79 Å². The van der Waals surface area contributed by atoms with Crippen LogP contribution in [0.2, 0.25) is 0 Å². The lowest BCUT2D eigenvalue weighted by molar-refractivity contribution is 0.470. The largest absolute Gasteiger partial charge is 0.507 e. The van der Waals surface area contributed by atoms with Crippen molar-refractivity contribution in [2.75, 3.05) is 0 Å². The fraction of sp³-hybridized carbons (Fsp3) is 0.267. The molecule has 3 nitrogen and oxygen atoms in total. The molecule has 0 fully saturated rings. The molecule has 4 heteroatoms. The summed E-state index contributed by atoms with van der Waals surface area (Å²) in [5.74, 6) is 0.668. The van der Waals surface area contributed by atoms with Crippen molar-refractivity contribution in [2.24, 2.45) is 5.92 Å². The maximum atomic E-state index is 11.6. The van der Waals surface area contributed by atoms with Crippen LogP contribution in [0.25, 0.3) is 21.1 Å². The van der Waals surface area contributed by atoms with Crippen LogP contribution >= 0.6 is 11.3 Å². The van der Waals surface area contributed by atoms with Gasteiger partial charge in [0.2, 0.25) is 0 Å². The smallest absolute Gasteiger partial charge is 0.396 e. The van der Waals surface area contributed by atoms with Crippen LogP contribution in [0.1, 0.15) is 19.4 Å². The molecule has 0 aliphatic heterocycles. The second-order valence-electron chi connectivity index (χ2n) is 5.08. The number of benzene rings is 2. The van der Waals surface area contributed by atoms with Gasteiger partial charge >= 0.3 is 4.94 Å². The van der Waals surface area contributed by atoms with E-state index in [1.165, 1.54) is 0 Å². The SMILES string of the molecule is CC(C)Cc1c(O)c2ccccc2c2oc(=O)sc12. The number of rotatable bonds is 2. The number of phenols is 1. The molecule has 98 valence electrons. The van der Waals surface area contributed by atoms with Gasteiger partial charge in [0.05, 0.1) is 4.70 Å². The van der Waals surface area contributed by atoms with E-state index in [2.05, 4.69) is 13.8 Å². The third-order valence-electron chi connectivity index (χ3n) is 3.18. The van der Waals surface area contributed by atoms with E-state index < -0.39 is 0 Å². The Hall–Kier alpha value is -1.81. The summed E-state index contributed by atoms with van der Waals surface area (Å²) in [4.78, 5) is 11.2. The fourth-order valence-corrected chi connectivity index (χ4v) is 3.25. The van der Waals surface area contributed by atoms with E-state index in [0.29, 0.717) is 11.5 Å². The first-order valence-electron chi connectivity index (χ1n) is 6.24. The summed E-state index contributed by atoms with van der Waals surface area (Å²) in [7, 11) is 0. The first-order chi connectivity index (χ1) is 9.08. The van der Waals surface area contributed by atoms with E-state index in [4.69, 9.17) is 4.42 Å². The molecule has 1 aromatic heterocycles. The molecular weight excluding hydrogens is 260 g/mol. The summed E-state index contributed by atoms with van der Waals surface area (Å²) in [6.45, 7) is 4.17. The zero-order valence-electron chi connectivity index (χ0n) is 10.8. The first-order valence-corrected chi connectivity index (χ1v) is 7.05. The van der Waals surface area contributed by atoms with Crippen molar-refractivity contribution in [1.29, 1.82) is 0 Å². The van der Waals surface area contributed by atoms with Crippen LogP contribution in [-0.4, -0.2) is 5.11 Å². The standard InChI is InChI=1S/C15H14O3S/c1-8(2)7-11-12(16)9-5-3-4-6-10(9)13-14(11)19-15(17)18-13/h3-6,8,16H,7H2,1-2H3. The van der Waals surface area contributed by atoms with Gasteiger partial charge in [-0.1, -0.05) is 49.4 Å². The zero-order valence-corrected chi connectivity index (χ0v) is 11.6. The Morgan fingerprint density at radius 3 is 2.63 bits per heavy atom. The van der Waals surface area contributed by atoms with Gasteiger partial charge in [0.15, 0.2) is 5.58 Å². The second kappa shape index (κ2) is 4.38. The van der Waals surface area contributed by atoms with E-state index >= 15 is 0 Å². The monoisotopic (exact) mass is 274 g/mol. The van der Waals surface area contributed by atoms with E-state index in [1.807, 2.05) is 24.3 Å². The van der Waals surface area contributed by atoms with E-state index in [9.17, 15) is 9.90 Å². The highest BCUT2D eigenvalue weighted by molar-refractivity contribution is 7.16. The van der Waals surface area contributed by atoms with Gasteiger partial charge in [-0.05, 0) is 12.3 Å². The molecule has 0 saturated heterocycles. The average Bonchev–Trinajstić information content (AvgIpc) is 2.76. The molecule has 1 N–H and O–H groups in total. The topological polar surface area (TPSA) is 50.4 Å². The van der Waals surface area contributed by atoms with E-state index in [1.54, 1.807) is 0 Å². The van der Waals surface area contributed by atoms with Gasteiger partial charge in [-0.15, -0.1) is 0 Å². The summed E-state index contributed by atoms with van der Waals surface area (Å²) in [6.07, 6.45) is 0.725. The lowest BCUT2D eigenvalue weighted by Gasteiger charge is -2.11. The summed E-state index contributed by atoms with van der Waals surface area (Å²) >= 11 is 1.07. The van der Waals surface area contributed by atoms with Crippen molar-refractivity contribution in [3.8, 4) is 5.75 Å². The molecule has 0 atom stereocenters. The van der Waals surface area contributed by atoms with Crippen molar-refractivity contribution >= 4 is 32.4 Å². The van der Waals surface area contributed by atoms with Crippen molar-refractivity contribution in [3.05, 3.63) is 39.6 Å². The molecule has 0 unspecified atom stereocenters. The molecule has 0 spiro atoms. The van der Waals surface area contributed by atoms with Crippen molar-refractivity contribution in [2.45, 2.75) is 20.3 Å². The Morgan fingerprint density at radius 1 is 1.26 bits per heavy atom. The van der Waals surface area contributed by atoms with Crippen LogP contribution in [-0.2, 0) is 6.42 Å². The molecular formula is C15H14O3S. The Kier molecular flexibility index (Phi) is 2.82. The average molecular weight is 274 g/mol. The van der Waals surface area contributed by atoms with Gasteiger partial charge in [-0.2, -0.15) is 0 Å². The third-order valence-corrected chi connectivity index (χ3v) is 4.06. The number of hydrogen-bond acceptors (Lipinski definition) is 4. The van der Waals surface area contributed by atoms with Gasteiger partial charge in [0.25, 0.3) is 0 Å². The van der Waals surface area contributed by atoms with Gasteiger partial charge in [-0.3, -0.25) is 0 Å². The minimum absolute atomic E-state index is 0.272. The quantitative estimate of drug-likeness (QED) is 0.770. The molecule has 0 aliphatic rings. The molecule has 1 heterocycles. The normalized spacial score (nSPS) is 11.7.